The molecule has 3 aromatic rings. The molecule has 2 aromatic carbocycles. The Labute approximate surface area is 185 Å². The van der Waals surface area contributed by atoms with Crippen molar-refractivity contribution in [3.8, 4) is 6.07 Å². The summed E-state index contributed by atoms with van der Waals surface area (Å²) in [5, 5.41) is 10.2. The van der Waals surface area contributed by atoms with Crippen LogP contribution in [0.15, 0.2) is 64.3 Å². The summed E-state index contributed by atoms with van der Waals surface area (Å²) in [6, 6.07) is 20.1. The Bertz CT molecular complexity index is 1170. The summed E-state index contributed by atoms with van der Waals surface area (Å²) in [6.07, 6.45) is 2.76. The first-order valence-electron chi connectivity index (χ1n) is 9.83. The normalized spacial score (nSPS) is 13.6. The third kappa shape index (κ3) is 4.32. The van der Waals surface area contributed by atoms with Crippen LogP contribution in [0, 0.1) is 11.3 Å². The fourth-order valence-electron chi connectivity index (χ4n) is 3.99. The first-order valence-corrected chi connectivity index (χ1v) is 11.4. The standard InChI is InChI=1S/C24H22ClN3OS/c1-30-23-8-7-18(11-21(23)25)15-28-22-9-10-27(14-17-5-3-2-4-6-17)16-20(22)12-19(13-26)24(28)29/h2-8,11-12H,9-10,14-16H2,1H3. The van der Waals surface area contributed by atoms with E-state index < -0.39 is 0 Å². The van der Waals surface area contributed by atoms with Gasteiger partial charge in [-0.05, 0) is 41.1 Å². The van der Waals surface area contributed by atoms with Crippen LogP contribution in [0.2, 0.25) is 5.02 Å². The van der Waals surface area contributed by atoms with E-state index in [-0.39, 0.29) is 11.1 Å². The number of hydrogen-bond acceptors (Lipinski definition) is 4. The van der Waals surface area contributed by atoms with E-state index in [1.165, 1.54) is 5.56 Å². The molecule has 0 amide bonds. The van der Waals surface area contributed by atoms with Gasteiger partial charge in [-0.2, -0.15) is 5.26 Å². The average Bonchev–Trinajstić information content (AvgIpc) is 2.76. The number of thioether (sulfide) groups is 1. The molecule has 4 rings (SSSR count). The molecule has 0 atom stereocenters. The van der Waals surface area contributed by atoms with E-state index in [9.17, 15) is 10.1 Å². The summed E-state index contributed by atoms with van der Waals surface area (Å²) in [4.78, 5) is 16.3. The van der Waals surface area contributed by atoms with E-state index in [0.717, 1.165) is 47.8 Å². The zero-order valence-corrected chi connectivity index (χ0v) is 18.3. The Balaban J connectivity index is 1.66. The van der Waals surface area contributed by atoms with Gasteiger partial charge in [0, 0.05) is 36.6 Å². The monoisotopic (exact) mass is 435 g/mol. The van der Waals surface area contributed by atoms with Gasteiger partial charge in [0.15, 0.2) is 0 Å². The van der Waals surface area contributed by atoms with Crippen LogP contribution in [0.25, 0.3) is 0 Å². The summed E-state index contributed by atoms with van der Waals surface area (Å²) >= 11 is 7.96. The van der Waals surface area contributed by atoms with Crippen molar-refractivity contribution < 1.29 is 0 Å². The first-order chi connectivity index (χ1) is 14.6. The van der Waals surface area contributed by atoms with Gasteiger partial charge >= 0.3 is 0 Å². The number of rotatable bonds is 5. The number of halogens is 1. The Morgan fingerprint density at radius 2 is 1.90 bits per heavy atom. The zero-order valence-electron chi connectivity index (χ0n) is 16.8. The van der Waals surface area contributed by atoms with Gasteiger partial charge in [-0.1, -0.05) is 48.0 Å². The SMILES string of the molecule is CSc1ccc(Cn2c3c(cc(C#N)c2=O)CN(Cc2ccccc2)CC3)cc1Cl. The van der Waals surface area contributed by atoms with Crippen molar-refractivity contribution in [2.75, 3.05) is 12.8 Å². The molecule has 1 aliphatic rings. The summed E-state index contributed by atoms with van der Waals surface area (Å²) in [6.45, 7) is 2.88. The summed E-state index contributed by atoms with van der Waals surface area (Å²) in [7, 11) is 0. The molecule has 0 N–H and O–H groups in total. The molecule has 2 heterocycles. The summed E-state index contributed by atoms with van der Waals surface area (Å²) in [5.41, 5.74) is 4.27. The van der Waals surface area contributed by atoms with E-state index in [1.54, 1.807) is 22.4 Å². The van der Waals surface area contributed by atoms with Crippen LogP contribution >= 0.6 is 23.4 Å². The third-order valence-electron chi connectivity index (χ3n) is 5.48. The average molecular weight is 436 g/mol. The van der Waals surface area contributed by atoms with Crippen molar-refractivity contribution in [3.05, 3.63) is 97.9 Å². The quantitative estimate of drug-likeness (QED) is 0.545. The van der Waals surface area contributed by atoms with Gasteiger partial charge in [0.2, 0.25) is 0 Å². The predicted octanol–water partition coefficient (Wildman–Crippen LogP) is 4.70. The number of aromatic nitrogens is 1. The van der Waals surface area contributed by atoms with Crippen LogP contribution in [-0.2, 0) is 26.1 Å². The summed E-state index contributed by atoms with van der Waals surface area (Å²) < 4.78 is 1.76. The number of pyridine rings is 1. The molecule has 0 spiro atoms. The molecule has 1 aliphatic heterocycles. The van der Waals surface area contributed by atoms with Gasteiger partial charge in [-0.25, -0.2) is 0 Å². The topological polar surface area (TPSA) is 49.0 Å². The Morgan fingerprint density at radius 3 is 2.60 bits per heavy atom. The van der Waals surface area contributed by atoms with E-state index in [4.69, 9.17) is 11.6 Å². The zero-order chi connectivity index (χ0) is 21.1. The van der Waals surface area contributed by atoms with Gasteiger partial charge in [-0.15, -0.1) is 11.8 Å². The van der Waals surface area contributed by atoms with Crippen LogP contribution in [-0.4, -0.2) is 22.3 Å². The minimum absolute atomic E-state index is 0.196. The molecule has 0 saturated carbocycles. The highest BCUT2D eigenvalue weighted by molar-refractivity contribution is 7.98. The second-order valence-electron chi connectivity index (χ2n) is 7.45. The molecule has 0 aliphatic carbocycles. The molecular formula is C24H22ClN3OS. The molecule has 0 radical (unpaired) electrons. The maximum Gasteiger partial charge on any atom is 0.268 e. The lowest BCUT2D eigenvalue weighted by Gasteiger charge is -2.30. The van der Waals surface area contributed by atoms with E-state index >= 15 is 0 Å². The van der Waals surface area contributed by atoms with Crippen LogP contribution in [0.5, 0.6) is 0 Å². The van der Waals surface area contributed by atoms with Gasteiger partial charge in [0.25, 0.3) is 5.56 Å². The number of nitrogens with zero attached hydrogens (tertiary/aromatic N) is 3. The lowest BCUT2D eigenvalue weighted by molar-refractivity contribution is 0.240. The number of nitriles is 1. The minimum atomic E-state index is -0.224. The van der Waals surface area contributed by atoms with Crippen molar-refractivity contribution in [2.24, 2.45) is 0 Å². The molecule has 6 heteroatoms. The number of benzene rings is 2. The third-order valence-corrected chi connectivity index (χ3v) is 6.70. The second kappa shape index (κ2) is 9.09. The molecule has 0 fully saturated rings. The fourth-order valence-corrected chi connectivity index (χ4v) is 4.88. The largest absolute Gasteiger partial charge is 0.307 e. The predicted molar refractivity (Wildman–Crippen MR) is 122 cm³/mol. The molecule has 0 unspecified atom stereocenters. The van der Waals surface area contributed by atoms with Crippen molar-refractivity contribution in [2.45, 2.75) is 31.0 Å². The smallest absolute Gasteiger partial charge is 0.268 e. The maximum atomic E-state index is 12.9. The van der Waals surface area contributed by atoms with Gasteiger partial charge in [0.05, 0.1) is 11.6 Å². The maximum absolute atomic E-state index is 12.9. The molecule has 30 heavy (non-hydrogen) atoms. The van der Waals surface area contributed by atoms with Crippen molar-refractivity contribution >= 4 is 23.4 Å². The van der Waals surface area contributed by atoms with Gasteiger partial charge < -0.3 is 4.57 Å². The molecule has 0 bridgehead atoms. The Kier molecular flexibility index (Phi) is 6.29. The van der Waals surface area contributed by atoms with Crippen LogP contribution in [0.1, 0.15) is 27.9 Å². The minimum Gasteiger partial charge on any atom is -0.307 e. The number of hydrogen-bond donors (Lipinski definition) is 0. The van der Waals surface area contributed by atoms with Crippen LogP contribution in [0.3, 0.4) is 0 Å². The highest BCUT2D eigenvalue weighted by Gasteiger charge is 2.22. The van der Waals surface area contributed by atoms with Crippen LogP contribution < -0.4 is 5.56 Å². The lowest BCUT2D eigenvalue weighted by Crippen LogP contribution is -2.36. The number of fused-ring (bicyclic) bond motifs is 1. The van der Waals surface area contributed by atoms with E-state index in [1.807, 2.05) is 42.7 Å². The van der Waals surface area contributed by atoms with E-state index in [0.29, 0.717) is 11.6 Å². The Morgan fingerprint density at radius 1 is 1.10 bits per heavy atom. The second-order valence-corrected chi connectivity index (χ2v) is 8.70. The highest BCUT2D eigenvalue weighted by atomic mass is 35.5. The molecule has 1 aromatic heterocycles. The highest BCUT2D eigenvalue weighted by Crippen LogP contribution is 2.27. The Hall–Kier alpha value is -2.52. The van der Waals surface area contributed by atoms with Gasteiger partial charge in [-0.3, -0.25) is 9.69 Å². The first kappa shape index (κ1) is 20.7. The van der Waals surface area contributed by atoms with Crippen molar-refractivity contribution in [3.63, 3.8) is 0 Å². The summed E-state index contributed by atoms with van der Waals surface area (Å²) in [5.74, 6) is 0. The van der Waals surface area contributed by atoms with Crippen molar-refractivity contribution in [1.82, 2.24) is 9.47 Å². The molecule has 4 nitrogen and oxygen atoms in total. The van der Waals surface area contributed by atoms with Crippen LogP contribution in [0.4, 0.5) is 0 Å². The van der Waals surface area contributed by atoms with E-state index in [2.05, 4.69) is 23.1 Å². The molecule has 0 saturated heterocycles. The fraction of sp³-hybridized carbons (Fsp3) is 0.250. The lowest BCUT2D eigenvalue weighted by atomic mass is 10.0. The van der Waals surface area contributed by atoms with Gasteiger partial charge in [0.1, 0.15) is 11.6 Å². The molecular weight excluding hydrogens is 414 g/mol. The van der Waals surface area contributed by atoms with Crippen molar-refractivity contribution in [1.29, 1.82) is 5.26 Å². The molecule has 152 valence electrons.